The number of hydrogen-bond donors (Lipinski definition) is 0. The summed E-state index contributed by atoms with van der Waals surface area (Å²) in [4.78, 5) is 11.1. The molecule has 1 unspecified atom stereocenters. The molecule has 1 aliphatic carbocycles. The molecule has 2 rings (SSSR count). The topological polar surface area (TPSA) is 38.8 Å². The minimum Gasteiger partial charge on any atom is -0.460 e. The lowest BCUT2D eigenvalue weighted by molar-refractivity contribution is -0.146. The average molecular weight is 156 g/mol. The highest BCUT2D eigenvalue weighted by Crippen LogP contribution is 2.37. The number of epoxide rings is 1. The summed E-state index contributed by atoms with van der Waals surface area (Å²) in [6.45, 7) is 3.79. The Hall–Kier alpha value is -0.570. The summed E-state index contributed by atoms with van der Waals surface area (Å²) in [5.74, 6) is -0.183. The van der Waals surface area contributed by atoms with Crippen LogP contribution in [0.3, 0.4) is 0 Å². The van der Waals surface area contributed by atoms with Crippen LogP contribution in [0.4, 0.5) is 0 Å². The molecule has 0 aromatic carbocycles. The van der Waals surface area contributed by atoms with Gasteiger partial charge in [-0.15, -0.1) is 0 Å². The third-order valence-electron chi connectivity index (χ3n) is 2.02. The summed E-state index contributed by atoms with van der Waals surface area (Å²) in [6, 6.07) is 0. The largest absolute Gasteiger partial charge is 0.460 e. The predicted molar refractivity (Wildman–Crippen MR) is 38.1 cm³/mol. The molecule has 1 atom stereocenters. The maximum absolute atomic E-state index is 11.1. The number of ether oxygens (including phenoxy) is 2. The zero-order valence-corrected chi connectivity index (χ0v) is 6.79. The Kier molecular flexibility index (Phi) is 1.27. The molecule has 1 saturated carbocycles. The second-order valence-electron chi connectivity index (χ2n) is 3.74. The van der Waals surface area contributed by atoms with Gasteiger partial charge in [0.25, 0.3) is 0 Å². The molecule has 1 heterocycles. The Morgan fingerprint density at radius 1 is 1.55 bits per heavy atom. The maximum atomic E-state index is 11.1. The lowest BCUT2D eigenvalue weighted by Gasteiger charge is -1.99. The van der Waals surface area contributed by atoms with Crippen LogP contribution in [-0.2, 0) is 14.3 Å². The van der Waals surface area contributed by atoms with Crippen molar-refractivity contribution in [2.75, 3.05) is 0 Å². The van der Waals surface area contributed by atoms with Crippen LogP contribution in [0.25, 0.3) is 0 Å². The van der Waals surface area contributed by atoms with Crippen molar-refractivity contribution in [2.24, 2.45) is 0 Å². The van der Waals surface area contributed by atoms with E-state index < -0.39 is 0 Å². The summed E-state index contributed by atoms with van der Waals surface area (Å²) in [5.41, 5.74) is -0.272. The second kappa shape index (κ2) is 1.97. The van der Waals surface area contributed by atoms with Gasteiger partial charge in [0.1, 0.15) is 11.7 Å². The third kappa shape index (κ3) is 1.38. The van der Waals surface area contributed by atoms with Gasteiger partial charge >= 0.3 is 5.97 Å². The normalized spacial score (nSPS) is 33.1. The molecule has 0 aromatic rings. The van der Waals surface area contributed by atoms with Crippen molar-refractivity contribution in [3.63, 3.8) is 0 Å². The first-order chi connectivity index (χ1) is 5.09. The van der Waals surface area contributed by atoms with E-state index in [1.807, 2.05) is 13.8 Å². The lowest BCUT2D eigenvalue weighted by Crippen LogP contribution is -2.18. The maximum Gasteiger partial charge on any atom is 0.338 e. The van der Waals surface area contributed by atoms with Crippen molar-refractivity contribution in [1.29, 1.82) is 0 Å². The van der Waals surface area contributed by atoms with E-state index in [4.69, 9.17) is 9.47 Å². The van der Waals surface area contributed by atoms with E-state index in [-0.39, 0.29) is 23.8 Å². The van der Waals surface area contributed by atoms with Gasteiger partial charge in [0.2, 0.25) is 0 Å². The van der Waals surface area contributed by atoms with Crippen LogP contribution in [0.1, 0.15) is 26.7 Å². The van der Waals surface area contributed by atoms with Crippen LogP contribution in [0.2, 0.25) is 0 Å². The van der Waals surface area contributed by atoms with Crippen molar-refractivity contribution < 1.29 is 14.3 Å². The van der Waals surface area contributed by atoms with Crippen LogP contribution < -0.4 is 0 Å². The molecule has 2 fully saturated rings. The molecule has 3 heteroatoms. The van der Waals surface area contributed by atoms with E-state index in [0.29, 0.717) is 0 Å². The Labute approximate surface area is 65.7 Å². The smallest absolute Gasteiger partial charge is 0.338 e. The average Bonchev–Trinajstić information content (AvgIpc) is 2.71. The fourth-order valence-electron chi connectivity index (χ4n) is 1.01. The highest BCUT2D eigenvalue weighted by Gasteiger charge is 2.55. The van der Waals surface area contributed by atoms with E-state index >= 15 is 0 Å². The number of esters is 1. The van der Waals surface area contributed by atoms with Crippen molar-refractivity contribution >= 4 is 5.97 Å². The summed E-state index contributed by atoms with van der Waals surface area (Å²) < 4.78 is 10.2. The molecule has 0 bridgehead atoms. The summed E-state index contributed by atoms with van der Waals surface area (Å²) in [6.07, 6.45) is 1.95. The Bertz CT molecular complexity index is 194. The molecule has 3 nitrogen and oxygen atoms in total. The molecular weight excluding hydrogens is 144 g/mol. The second-order valence-corrected chi connectivity index (χ2v) is 3.74. The van der Waals surface area contributed by atoms with E-state index in [1.165, 1.54) is 0 Å². The molecule has 0 aromatic heterocycles. The first-order valence-corrected chi connectivity index (χ1v) is 3.98. The van der Waals surface area contributed by atoms with Crippen LogP contribution in [-0.4, -0.2) is 23.8 Å². The van der Waals surface area contributed by atoms with Gasteiger partial charge in [-0.3, -0.25) is 0 Å². The van der Waals surface area contributed by atoms with Gasteiger partial charge in [0, 0.05) is 0 Å². The van der Waals surface area contributed by atoms with Gasteiger partial charge in [-0.2, -0.15) is 0 Å². The van der Waals surface area contributed by atoms with E-state index in [1.54, 1.807) is 0 Å². The Balaban J connectivity index is 1.82. The molecule has 0 N–H and O–H groups in total. The van der Waals surface area contributed by atoms with Crippen LogP contribution in [0, 0.1) is 0 Å². The van der Waals surface area contributed by atoms with Gasteiger partial charge in [0.15, 0.2) is 6.10 Å². The van der Waals surface area contributed by atoms with E-state index in [2.05, 4.69) is 0 Å². The van der Waals surface area contributed by atoms with Crippen molar-refractivity contribution in [1.82, 2.24) is 0 Å². The van der Waals surface area contributed by atoms with E-state index in [9.17, 15) is 4.79 Å². The summed E-state index contributed by atoms with van der Waals surface area (Å²) in [5, 5.41) is 0. The van der Waals surface area contributed by atoms with Crippen LogP contribution in [0.5, 0.6) is 0 Å². The number of carbonyl (C=O) groups is 1. The first kappa shape index (κ1) is 7.10. The first-order valence-electron chi connectivity index (χ1n) is 3.98. The number of carbonyl (C=O) groups excluding carboxylic acids is 1. The van der Waals surface area contributed by atoms with Gasteiger partial charge in [0.05, 0.1) is 0 Å². The zero-order chi connectivity index (χ0) is 8.06. The van der Waals surface area contributed by atoms with Crippen molar-refractivity contribution in [3.8, 4) is 0 Å². The quantitative estimate of drug-likeness (QED) is 0.440. The Morgan fingerprint density at radius 2 is 2.09 bits per heavy atom. The lowest BCUT2D eigenvalue weighted by atomic mass is 10.1. The minimum atomic E-state index is -0.303. The molecule has 2 aliphatic rings. The van der Waals surface area contributed by atoms with Crippen LogP contribution in [0.15, 0.2) is 0 Å². The molecule has 1 aliphatic heterocycles. The van der Waals surface area contributed by atoms with E-state index in [0.717, 1.165) is 12.8 Å². The van der Waals surface area contributed by atoms with Gasteiger partial charge in [-0.25, -0.2) is 4.79 Å². The zero-order valence-electron chi connectivity index (χ0n) is 6.79. The minimum absolute atomic E-state index is 0.183. The van der Waals surface area contributed by atoms with Crippen molar-refractivity contribution in [2.45, 2.75) is 44.5 Å². The highest BCUT2D eigenvalue weighted by molar-refractivity contribution is 5.79. The summed E-state index contributed by atoms with van der Waals surface area (Å²) in [7, 11) is 0. The molecule has 0 radical (unpaired) electrons. The fraction of sp³-hybridized carbons (Fsp3) is 0.875. The highest BCUT2D eigenvalue weighted by atomic mass is 16.7. The number of rotatable bonds is 2. The van der Waals surface area contributed by atoms with Crippen LogP contribution >= 0.6 is 0 Å². The standard InChI is InChI=1S/C8H12O3/c1-8(2)6(11-8)7(9)10-5-3-4-5/h5-6H,3-4H2,1-2H3. The predicted octanol–water partition coefficient (Wildman–Crippen LogP) is 0.869. The molecule has 0 spiro atoms. The number of hydrogen-bond acceptors (Lipinski definition) is 3. The molecule has 0 amide bonds. The molecular formula is C8H12O3. The molecule has 62 valence electrons. The van der Waals surface area contributed by atoms with Gasteiger partial charge < -0.3 is 9.47 Å². The van der Waals surface area contributed by atoms with Gasteiger partial charge in [-0.05, 0) is 26.7 Å². The monoisotopic (exact) mass is 156 g/mol. The van der Waals surface area contributed by atoms with Gasteiger partial charge in [-0.1, -0.05) is 0 Å². The molecule has 1 saturated heterocycles. The fourth-order valence-corrected chi connectivity index (χ4v) is 1.01. The molecule has 11 heavy (non-hydrogen) atoms. The summed E-state index contributed by atoms with van der Waals surface area (Å²) >= 11 is 0. The van der Waals surface area contributed by atoms with Crippen molar-refractivity contribution in [3.05, 3.63) is 0 Å². The Morgan fingerprint density at radius 3 is 2.45 bits per heavy atom. The third-order valence-corrected chi connectivity index (χ3v) is 2.02. The SMILES string of the molecule is CC1(C)OC1C(=O)OC1CC1.